The first-order valence-corrected chi connectivity index (χ1v) is 6.03. The Balaban J connectivity index is 2.57. The van der Waals surface area contributed by atoms with Crippen LogP contribution >= 0.6 is 11.6 Å². The Hall–Kier alpha value is -1.20. The highest BCUT2D eigenvalue weighted by atomic mass is 35.5. The number of hydrogen-bond donors (Lipinski definition) is 0. The number of rotatable bonds is 4. The zero-order chi connectivity index (χ0) is 13.3. The normalized spacial score (nSPS) is 13.2. The van der Waals surface area contributed by atoms with Crippen molar-refractivity contribution >= 4 is 22.6 Å². The van der Waals surface area contributed by atoms with Crippen molar-refractivity contribution in [2.75, 3.05) is 7.11 Å². The molecule has 2 aromatic rings. The fourth-order valence-electron chi connectivity index (χ4n) is 1.81. The van der Waals surface area contributed by atoms with E-state index in [0.29, 0.717) is 23.4 Å². The smallest absolute Gasteiger partial charge is 0.161 e. The van der Waals surface area contributed by atoms with Crippen molar-refractivity contribution in [3.8, 4) is 0 Å². The van der Waals surface area contributed by atoms with Crippen molar-refractivity contribution in [2.24, 2.45) is 0 Å². The second-order valence-electron chi connectivity index (χ2n) is 4.07. The van der Waals surface area contributed by atoms with Crippen LogP contribution in [0.3, 0.4) is 0 Å². The van der Waals surface area contributed by atoms with E-state index in [0.717, 1.165) is 12.1 Å². The molecule has 0 spiro atoms. The fourth-order valence-corrected chi connectivity index (χ4v) is 2.01. The van der Waals surface area contributed by atoms with Crippen molar-refractivity contribution in [2.45, 2.75) is 25.5 Å². The number of ether oxygens (including phenoxy) is 1. The first-order valence-electron chi connectivity index (χ1n) is 5.49. The van der Waals surface area contributed by atoms with Crippen LogP contribution in [0.15, 0.2) is 12.1 Å². The summed E-state index contributed by atoms with van der Waals surface area (Å²) >= 11 is 5.80. The molecule has 0 aliphatic heterocycles. The van der Waals surface area contributed by atoms with Gasteiger partial charge >= 0.3 is 0 Å². The Labute approximate surface area is 108 Å². The Morgan fingerprint density at radius 2 is 2.06 bits per heavy atom. The minimum absolute atomic E-state index is 0.0718. The molecule has 0 aliphatic rings. The van der Waals surface area contributed by atoms with E-state index in [4.69, 9.17) is 16.3 Å². The summed E-state index contributed by atoms with van der Waals surface area (Å²) in [6.45, 7) is 2.36. The summed E-state index contributed by atoms with van der Waals surface area (Å²) in [7, 11) is 1.59. The summed E-state index contributed by atoms with van der Waals surface area (Å²) < 4.78 is 33.3. The highest BCUT2D eigenvalue weighted by Gasteiger charge is 2.15. The molecule has 1 atom stereocenters. The fraction of sp³-hybridized carbons (Fsp3) is 0.417. The lowest BCUT2D eigenvalue weighted by atomic mass is 10.3. The van der Waals surface area contributed by atoms with Gasteiger partial charge in [0.2, 0.25) is 0 Å². The number of hydrogen-bond acceptors (Lipinski definition) is 2. The second kappa shape index (κ2) is 5.20. The minimum Gasteiger partial charge on any atom is -0.380 e. The quantitative estimate of drug-likeness (QED) is 0.801. The standard InChI is InChI=1S/C12H13ClF2N2O/c1-7(18-2)6-17-11-4-9(15)8(14)3-10(11)16-12(17)5-13/h3-4,7H,5-6H2,1-2H3. The number of aromatic nitrogens is 2. The molecule has 6 heteroatoms. The van der Waals surface area contributed by atoms with Crippen molar-refractivity contribution in [1.82, 2.24) is 9.55 Å². The van der Waals surface area contributed by atoms with Gasteiger partial charge in [-0.05, 0) is 6.92 Å². The zero-order valence-electron chi connectivity index (χ0n) is 10.1. The number of methoxy groups -OCH3 is 1. The largest absolute Gasteiger partial charge is 0.380 e. The van der Waals surface area contributed by atoms with Gasteiger partial charge in [0, 0.05) is 19.2 Å². The van der Waals surface area contributed by atoms with E-state index in [9.17, 15) is 8.78 Å². The first-order chi connectivity index (χ1) is 8.56. The lowest BCUT2D eigenvalue weighted by Gasteiger charge is -2.13. The third-order valence-corrected chi connectivity index (χ3v) is 3.07. The minimum atomic E-state index is -0.909. The lowest BCUT2D eigenvalue weighted by Crippen LogP contribution is -2.16. The van der Waals surface area contributed by atoms with E-state index in [1.807, 2.05) is 6.92 Å². The van der Waals surface area contributed by atoms with Gasteiger partial charge in [0.05, 0.1) is 29.6 Å². The number of nitrogens with zero attached hydrogens (tertiary/aromatic N) is 2. The molecule has 2 rings (SSSR count). The van der Waals surface area contributed by atoms with Gasteiger partial charge in [-0.3, -0.25) is 0 Å². The maximum absolute atomic E-state index is 13.3. The van der Waals surface area contributed by atoms with Crippen LogP contribution < -0.4 is 0 Å². The summed E-state index contributed by atoms with van der Waals surface area (Å²) in [5, 5.41) is 0. The van der Waals surface area contributed by atoms with Crippen LogP contribution in [0.4, 0.5) is 8.78 Å². The van der Waals surface area contributed by atoms with Crippen molar-refractivity contribution in [3.63, 3.8) is 0 Å². The molecule has 0 saturated heterocycles. The summed E-state index contributed by atoms with van der Waals surface area (Å²) in [4.78, 5) is 4.19. The number of imidazole rings is 1. The molecule has 98 valence electrons. The molecule has 1 aromatic heterocycles. The van der Waals surface area contributed by atoms with E-state index in [2.05, 4.69) is 4.98 Å². The first kappa shape index (κ1) is 13.2. The van der Waals surface area contributed by atoms with E-state index < -0.39 is 11.6 Å². The molecule has 0 aliphatic carbocycles. The Morgan fingerprint density at radius 1 is 1.39 bits per heavy atom. The topological polar surface area (TPSA) is 27.1 Å². The van der Waals surface area contributed by atoms with Crippen LogP contribution in [0.25, 0.3) is 11.0 Å². The average molecular weight is 275 g/mol. The molecule has 0 saturated carbocycles. The summed E-state index contributed by atoms with van der Waals surface area (Å²) in [5.74, 6) is -1.06. The molecule has 0 fully saturated rings. The Kier molecular flexibility index (Phi) is 3.82. The maximum atomic E-state index is 13.3. The van der Waals surface area contributed by atoms with Gasteiger partial charge in [-0.25, -0.2) is 13.8 Å². The monoisotopic (exact) mass is 274 g/mol. The third kappa shape index (κ3) is 2.33. The van der Waals surface area contributed by atoms with E-state index in [1.165, 1.54) is 0 Å². The zero-order valence-corrected chi connectivity index (χ0v) is 10.8. The number of benzene rings is 1. The second-order valence-corrected chi connectivity index (χ2v) is 4.34. The van der Waals surface area contributed by atoms with E-state index in [1.54, 1.807) is 11.7 Å². The summed E-state index contributed by atoms with van der Waals surface area (Å²) in [6.07, 6.45) is -0.0718. The van der Waals surface area contributed by atoms with Crippen LogP contribution in [0.5, 0.6) is 0 Å². The number of fused-ring (bicyclic) bond motifs is 1. The van der Waals surface area contributed by atoms with Gasteiger partial charge in [0.1, 0.15) is 5.82 Å². The number of alkyl halides is 1. The molecule has 0 bridgehead atoms. The van der Waals surface area contributed by atoms with E-state index >= 15 is 0 Å². The van der Waals surface area contributed by atoms with Crippen LogP contribution in [0.1, 0.15) is 12.7 Å². The average Bonchev–Trinajstić information content (AvgIpc) is 2.67. The van der Waals surface area contributed by atoms with Gasteiger partial charge in [0.15, 0.2) is 11.6 Å². The van der Waals surface area contributed by atoms with Crippen LogP contribution in [-0.4, -0.2) is 22.8 Å². The molecule has 0 N–H and O–H groups in total. The molecule has 1 heterocycles. The van der Waals surface area contributed by atoms with Crippen molar-refractivity contribution in [3.05, 3.63) is 29.6 Å². The van der Waals surface area contributed by atoms with Gasteiger partial charge < -0.3 is 9.30 Å². The molecule has 1 unspecified atom stereocenters. The highest BCUT2D eigenvalue weighted by molar-refractivity contribution is 6.16. The van der Waals surface area contributed by atoms with E-state index in [-0.39, 0.29) is 12.0 Å². The molecule has 1 aromatic carbocycles. The van der Waals surface area contributed by atoms with Gasteiger partial charge in [-0.1, -0.05) is 0 Å². The molecule has 0 radical (unpaired) electrons. The molecule has 0 amide bonds. The molecule has 18 heavy (non-hydrogen) atoms. The van der Waals surface area contributed by atoms with Gasteiger partial charge in [-0.15, -0.1) is 11.6 Å². The van der Waals surface area contributed by atoms with Crippen molar-refractivity contribution < 1.29 is 13.5 Å². The van der Waals surface area contributed by atoms with Gasteiger partial charge in [-0.2, -0.15) is 0 Å². The van der Waals surface area contributed by atoms with Crippen molar-refractivity contribution in [1.29, 1.82) is 0 Å². The molecular formula is C12H13ClF2N2O. The van der Waals surface area contributed by atoms with Gasteiger partial charge in [0.25, 0.3) is 0 Å². The number of halogens is 3. The predicted octanol–water partition coefficient (Wildman–Crippen LogP) is 3.09. The molecular weight excluding hydrogens is 262 g/mol. The van der Waals surface area contributed by atoms with Crippen LogP contribution in [0.2, 0.25) is 0 Å². The third-order valence-electron chi connectivity index (χ3n) is 2.83. The Bertz CT molecular complexity index is 571. The van der Waals surface area contributed by atoms with Crippen LogP contribution in [-0.2, 0) is 17.2 Å². The molecule has 3 nitrogen and oxygen atoms in total. The SMILES string of the molecule is COC(C)Cn1c(CCl)nc2cc(F)c(F)cc21. The summed E-state index contributed by atoms with van der Waals surface area (Å²) in [6, 6.07) is 2.21. The maximum Gasteiger partial charge on any atom is 0.161 e. The lowest BCUT2D eigenvalue weighted by molar-refractivity contribution is 0.103. The van der Waals surface area contributed by atoms with Crippen LogP contribution in [0, 0.1) is 11.6 Å². The Morgan fingerprint density at radius 3 is 2.67 bits per heavy atom. The predicted molar refractivity (Wildman–Crippen MR) is 65.7 cm³/mol. The highest BCUT2D eigenvalue weighted by Crippen LogP contribution is 2.21. The summed E-state index contributed by atoms with van der Waals surface area (Å²) in [5.41, 5.74) is 0.918.